The summed E-state index contributed by atoms with van der Waals surface area (Å²) in [7, 11) is 0. The number of nitrogens with one attached hydrogen (secondary N) is 1. The standard InChI is InChI=1S/C37H23Br2N3O2/c38-25-14-16-31-29(19-25)28(22-8-3-1-4-9-22)21-33(41-31)35-34(23-10-5-2-6-11-23)30-20-26(39)15-17-32(30)42-36(35)40-27-13-7-12-24(18-27)37(43)44/h1-21H,(H,40,42)(H,43,44). The topological polar surface area (TPSA) is 75.1 Å². The molecule has 0 unspecified atom stereocenters. The van der Waals surface area contributed by atoms with Crippen LogP contribution in [0, 0.1) is 0 Å². The van der Waals surface area contributed by atoms with E-state index < -0.39 is 5.97 Å². The van der Waals surface area contributed by atoms with Gasteiger partial charge in [0, 0.05) is 31.0 Å². The highest BCUT2D eigenvalue weighted by Gasteiger charge is 2.22. The maximum Gasteiger partial charge on any atom is 0.335 e. The van der Waals surface area contributed by atoms with Gasteiger partial charge in [0.2, 0.25) is 0 Å². The van der Waals surface area contributed by atoms with Crippen molar-refractivity contribution in [3.05, 3.63) is 142 Å². The Morgan fingerprint density at radius 3 is 1.93 bits per heavy atom. The van der Waals surface area contributed by atoms with Gasteiger partial charge in [0.05, 0.1) is 27.9 Å². The lowest BCUT2D eigenvalue weighted by Crippen LogP contribution is -2.03. The number of pyridine rings is 2. The second-order valence-corrected chi connectivity index (χ2v) is 12.2. The van der Waals surface area contributed by atoms with Crippen molar-refractivity contribution in [3.63, 3.8) is 0 Å². The fourth-order valence-corrected chi connectivity index (χ4v) is 6.25. The van der Waals surface area contributed by atoms with Crippen LogP contribution < -0.4 is 5.32 Å². The predicted molar refractivity (Wildman–Crippen MR) is 185 cm³/mol. The third kappa shape index (κ3) is 5.36. The van der Waals surface area contributed by atoms with Gasteiger partial charge in [-0.05, 0) is 77.4 Å². The van der Waals surface area contributed by atoms with Crippen LogP contribution in [0.4, 0.5) is 11.5 Å². The molecule has 0 spiro atoms. The summed E-state index contributed by atoms with van der Waals surface area (Å²) in [4.78, 5) is 22.1. The maximum absolute atomic E-state index is 11.8. The van der Waals surface area contributed by atoms with Crippen molar-refractivity contribution in [1.82, 2.24) is 9.97 Å². The van der Waals surface area contributed by atoms with Crippen LogP contribution in [0.3, 0.4) is 0 Å². The summed E-state index contributed by atoms with van der Waals surface area (Å²) < 4.78 is 1.91. The number of hydrogen-bond donors (Lipinski definition) is 2. The van der Waals surface area contributed by atoms with Crippen molar-refractivity contribution in [1.29, 1.82) is 0 Å². The molecule has 0 aliphatic rings. The van der Waals surface area contributed by atoms with Crippen molar-refractivity contribution in [2.45, 2.75) is 0 Å². The van der Waals surface area contributed by atoms with Crippen molar-refractivity contribution in [2.24, 2.45) is 0 Å². The number of rotatable bonds is 6. The van der Waals surface area contributed by atoms with Gasteiger partial charge in [-0.1, -0.05) is 98.6 Å². The fraction of sp³-hybridized carbons (Fsp3) is 0. The second-order valence-electron chi connectivity index (χ2n) is 10.3. The highest BCUT2D eigenvalue weighted by atomic mass is 79.9. The Labute approximate surface area is 270 Å². The molecular weight excluding hydrogens is 678 g/mol. The molecule has 0 atom stereocenters. The van der Waals surface area contributed by atoms with Crippen LogP contribution in [-0.4, -0.2) is 21.0 Å². The molecule has 5 aromatic carbocycles. The molecule has 2 heterocycles. The first kappa shape index (κ1) is 28.0. The Morgan fingerprint density at radius 2 is 1.25 bits per heavy atom. The first-order valence-corrected chi connectivity index (χ1v) is 15.5. The lowest BCUT2D eigenvalue weighted by atomic mass is 9.91. The summed E-state index contributed by atoms with van der Waals surface area (Å²) in [5.41, 5.74) is 8.07. The monoisotopic (exact) mass is 699 g/mol. The highest BCUT2D eigenvalue weighted by molar-refractivity contribution is 9.10. The van der Waals surface area contributed by atoms with Gasteiger partial charge in [-0.3, -0.25) is 0 Å². The van der Waals surface area contributed by atoms with Gasteiger partial charge in [-0.2, -0.15) is 0 Å². The molecular formula is C37H23Br2N3O2. The summed E-state index contributed by atoms with van der Waals surface area (Å²) in [6.45, 7) is 0. The first-order valence-electron chi connectivity index (χ1n) is 13.9. The number of halogens is 2. The molecule has 0 fully saturated rings. The van der Waals surface area contributed by atoms with Gasteiger partial charge in [0.1, 0.15) is 5.82 Å². The zero-order chi connectivity index (χ0) is 30.2. The molecule has 0 saturated carbocycles. The minimum Gasteiger partial charge on any atom is -0.478 e. The molecule has 212 valence electrons. The molecule has 2 N–H and O–H groups in total. The molecule has 0 amide bonds. The van der Waals surface area contributed by atoms with Crippen LogP contribution in [0.1, 0.15) is 10.4 Å². The van der Waals surface area contributed by atoms with Gasteiger partial charge in [-0.15, -0.1) is 0 Å². The van der Waals surface area contributed by atoms with E-state index in [9.17, 15) is 9.90 Å². The zero-order valence-electron chi connectivity index (χ0n) is 23.1. The quantitative estimate of drug-likeness (QED) is 0.181. The Kier molecular flexibility index (Phi) is 7.42. The number of carboxylic acid groups (broad SMARTS) is 1. The van der Waals surface area contributed by atoms with Gasteiger partial charge < -0.3 is 10.4 Å². The molecule has 0 radical (unpaired) electrons. The average Bonchev–Trinajstić information content (AvgIpc) is 3.05. The number of fused-ring (bicyclic) bond motifs is 2. The number of anilines is 2. The van der Waals surface area contributed by atoms with Gasteiger partial charge in [-0.25, -0.2) is 14.8 Å². The van der Waals surface area contributed by atoms with E-state index in [2.05, 4.69) is 79.6 Å². The molecule has 7 rings (SSSR count). The van der Waals surface area contributed by atoms with Gasteiger partial charge in [0.15, 0.2) is 0 Å². The molecule has 5 nitrogen and oxygen atoms in total. The van der Waals surface area contributed by atoms with Crippen LogP contribution in [0.2, 0.25) is 0 Å². The summed E-state index contributed by atoms with van der Waals surface area (Å²) in [5.74, 6) is -0.422. The summed E-state index contributed by atoms with van der Waals surface area (Å²) in [6, 6.07) is 41.5. The van der Waals surface area contributed by atoms with Crippen LogP contribution >= 0.6 is 31.9 Å². The number of aromatic nitrogens is 2. The molecule has 7 aromatic rings. The highest BCUT2D eigenvalue weighted by Crippen LogP contribution is 2.44. The van der Waals surface area contributed by atoms with Crippen LogP contribution in [0.25, 0.3) is 55.3 Å². The van der Waals surface area contributed by atoms with E-state index in [1.54, 1.807) is 18.2 Å². The van der Waals surface area contributed by atoms with Gasteiger partial charge in [0.25, 0.3) is 0 Å². The van der Waals surface area contributed by atoms with Crippen LogP contribution in [0.15, 0.2) is 136 Å². The third-order valence-corrected chi connectivity index (χ3v) is 8.48. The van der Waals surface area contributed by atoms with Crippen molar-refractivity contribution < 1.29 is 9.90 Å². The number of hydrogen-bond acceptors (Lipinski definition) is 4. The van der Waals surface area contributed by atoms with E-state index in [1.807, 2.05) is 66.7 Å². The van der Waals surface area contributed by atoms with E-state index >= 15 is 0 Å². The smallest absolute Gasteiger partial charge is 0.335 e. The number of carboxylic acids is 1. The normalized spacial score (nSPS) is 11.1. The van der Waals surface area contributed by atoms with E-state index in [0.717, 1.165) is 64.3 Å². The molecule has 7 heteroatoms. The van der Waals surface area contributed by atoms with Crippen molar-refractivity contribution in [3.8, 4) is 33.5 Å². The van der Waals surface area contributed by atoms with E-state index in [-0.39, 0.29) is 5.56 Å². The minimum absolute atomic E-state index is 0.185. The second kappa shape index (κ2) is 11.7. The minimum atomic E-state index is -0.995. The first-order chi connectivity index (χ1) is 21.4. The Balaban J connectivity index is 1.60. The summed E-state index contributed by atoms with van der Waals surface area (Å²) in [5, 5.41) is 15.1. The average molecular weight is 701 g/mol. The van der Waals surface area contributed by atoms with Crippen molar-refractivity contribution >= 4 is 71.1 Å². The predicted octanol–water partition coefficient (Wildman–Crippen LogP) is 10.8. The number of benzene rings is 5. The SMILES string of the molecule is O=C(O)c1cccc(Nc2nc3ccc(Br)cc3c(-c3ccccc3)c2-c2cc(-c3ccccc3)c3cc(Br)ccc3n2)c1. The molecule has 2 aromatic heterocycles. The van der Waals surface area contributed by atoms with Crippen LogP contribution in [0.5, 0.6) is 0 Å². The Bertz CT molecular complexity index is 2200. The molecule has 0 bridgehead atoms. The molecule has 0 aliphatic heterocycles. The zero-order valence-corrected chi connectivity index (χ0v) is 26.3. The molecule has 0 saturated heterocycles. The van der Waals surface area contributed by atoms with Crippen LogP contribution in [-0.2, 0) is 0 Å². The third-order valence-electron chi connectivity index (χ3n) is 7.49. The maximum atomic E-state index is 11.8. The summed E-state index contributed by atoms with van der Waals surface area (Å²) >= 11 is 7.33. The lowest BCUT2D eigenvalue weighted by molar-refractivity contribution is 0.0697. The lowest BCUT2D eigenvalue weighted by Gasteiger charge is -2.20. The van der Waals surface area contributed by atoms with E-state index in [4.69, 9.17) is 9.97 Å². The number of nitrogens with zero attached hydrogens (tertiary/aromatic N) is 2. The van der Waals surface area contributed by atoms with E-state index in [0.29, 0.717) is 11.5 Å². The number of aromatic carboxylic acids is 1. The summed E-state index contributed by atoms with van der Waals surface area (Å²) in [6.07, 6.45) is 0. The van der Waals surface area contributed by atoms with Gasteiger partial charge >= 0.3 is 5.97 Å². The fourth-order valence-electron chi connectivity index (χ4n) is 5.53. The molecule has 44 heavy (non-hydrogen) atoms. The number of carbonyl (C=O) groups is 1. The Morgan fingerprint density at radius 1 is 0.614 bits per heavy atom. The van der Waals surface area contributed by atoms with E-state index in [1.165, 1.54) is 0 Å². The Hall–Kier alpha value is -4.85. The largest absolute Gasteiger partial charge is 0.478 e. The molecule has 0 aliphatic carbocycles. The van der Waals surface area contributed by atoms with Crippen molar-refractivity contribution in [2.75, 3.05) is 5.32 Å².